The fourth-order valence-corrected chi connectivity index (χ4v) is 3.98. The van der Waals surface area contributed by atoms with Crippen molar-refractivity contribution in [3.8, 4) is 0 Å². The molecule has 0 radical (unpaired) electrons. The van der Waals surface area contributed by atoms with Crippen molar-refractivity contribution in [1.29, 1.82) is 0 Å². The number of cyclic esters (lactones) is 1. The summed E-state index contributed by atoms with van der Waals surface area (Å²) >= 11 is 0. The Morgan fingerprint density at radius 1 is 1.46 bits per heavy atom. The number of allylic oxidation sites excluding steroid dienone is 2. The van der Waals surface area contributed by atoms with Crippen molar-refractivity contribution in [2.24, 2.45) is 17.8 Å². The molecule has 2 fully saturated rings. The Balaban J connectivity index is 1.46. The zero-order valence-corrected chi connectivity index (χ0v) is 14.4. The zero-order chi connectivity index (χ0) is 18.4. The van der Waals surface area contributed by atoms with Crippen LogP contribution in [-0.2, 0) is 14.3 Å². The van der Waals surface area contributed by atoms with Crippen molar-refractivity contribution in [1.82, 2.24) is 0 Å². The molecule has 0 unspecified atom stereocenters. The minimum Gasteiger partial charge on any atom is -0.462 e. The van der Waals surface area contributed by atoms with Crippen molar-refractivity contribution in [2.75, 3.05) is 24.7 Å². The second kappa shape index (κ2) is 6.39. The number of halogens is 1. The van der Waals surface area contributed by atoms with Crippen LogP contribution >= 0.6 is 0 Å². The summed E-state index contributed by atoms with van der Waals surface area (Å²) in [5.41, 5.74) is 1.92. The molecule has 4 rings (SSSR count). The minimum atomic E-state index is -0.582. The molecule has 1 saturated heterocycles. The summed E-state index contributed by atoms with van der Waals surface area (Å²) in [6.45, 7) is 1.66. The van der Waals surface area contributed by atoms with Gasteiger partial charge in [0, 0.05) is 19.1 Å². The normalized spacial score (nSPS) is 29.3. The fraction of sp³-hybridized carbons (Fsp3) is 0.474. The molecule has 1 aliphatic heterocycles. The Morgan fingerprint density at radius 2 is 2.27 bits per heavy atom. The molecule has 0 aromatic heterocycles. The number of amides is 1. The molecule has 1 heterocycles. The Morgan fingerprint density at radius 3 is 2.88 bits per heavy atom. The summed E-state index contributed by atoms with van der Waals surface area (Å²) in [7, 11) is 0. The number of nitrogens with zero attached hydrogens (tertiary/aromatic N) is 1. The maximum atomic E-state index is 14.6. The number of carbonyl (C=O) groups is 2. The molecule has 1 saturated carbocycles. The molecule has 1 N–H and O–H groups in total. The van der Waals surface area contributed by atoms with Crippen molar-refractivity contribution >= 4 is 23.3 Å². The molecule has 26 heavy (non-hydrogen) atoms. The monoisotopic (exact) mass is 361 g/mol. The van der Waals surface area contributed by atoms with E-state index in [1.807, 2.05) is 0 Å². The van der Waals surface area contributed by atoms with Gasteiger partial charge in [0.25, 0.3) is 0 Å². The van der Waals surface area contributed by atoms with Crippen molar-refractivity contribution in [3.63, 3.8) is 0 Å². The van der Waals surface area contributed by atoms with E-state index in [9.17, 15) is 19.1 Å². The highest BCUT2D eigenvalue weighted by atomic mass is 19.1. The van der Waals surface area contributed by atoms with Gasteiger partial charge in [-0.1, -0.05) is 6.08 Å². The number of anilines is 1. The van der Waals surface area contributed by atoms with E-state index in [1.165, 1.54) is 17.9 Å². The van der Waals surface area contributed by atoms with Crippen molar-refractivity contribution in [3.05, 3.63) is 35.7 Å². The van der Waals surface area contributed by atoms with E-state index in [0.29, 0.717) is 29.0 Å². The van der Waals surface area contributed by atoms with Crippen LogP contribution in [0.3, 0.4) is 0 Å². The predicted octanol–water partition coefficient (Wildman–Crippen LogP) is 2.36. The molecule has 2 aliphatic carbocycles. The fourth-order valence-electron chi connectivity index (χ4n) is 3.98. The summed E-state index contributed by atoms with van der Waals surface area (Å²) in [5.74, 6) is 0.303. The van der Waals surface area contributed by atoms with Gasteiger partial charge in [-0.15, -0.1) is 0 Å². The topological polar surface area (TPSA) is 76.1 Å². The summed E-state index contributed by atoms with van der Waals surface area (Å²) in [4.78, 5) is 24.2. The molecule has 6 nitrogen and oxygen atoms in total. The van der Waals surface area contributed by atoms with Crippen LogP contribution in [0.4, 0.5) is 14.9 Å². The van der Waals surface area contributed by atoms with Crippen LogP contribution in [0.2, 0.25) is 0 Å². The average molecular weight is 361 g/mol. The van der Waals surface area contributed by atoms with Crippen LogP contribution in [0.25, 0.3) is 5.57 Å². The van der Waals surface area contributed by atoms with E-state index in [1.54, 1.807) is 12.1 Å². The van der Waals surface area contributed by atoms with Crippen LogP contribution < -0.4 is 4.90 Å². The first-order chi connectivity index (χ1) is 12.5. The quantitative estimate of drug-likeness (QED) is 0.815. The predicted molar refractivity (Wildman–Crippen MR) is 90.8 cm³/mol. The number of benzene rings is 1. The van der Waals surface area contributed by atoms with Gasteiger partial charge in [0.1, 0.15) is 12.4 Å². The van der Waals surface area contributed by atoms with E-state index < -0.39 is 18.2 Å². The van der Waals surface area contributed by atoms with Gasteiger partial charge in [0.15, 0.2) is 6.10 Å². The Labute approximate surface area is 150 Å². The number of carbonyl (C=O) groups excluding carboxylic acids is 2. The first kappa shape index (κ1) is 17.0. The standard InChI is InChI=1S/C19H20FNO5/c1-10(23)25-9-13-7-21(19(24)26-13)12-2-3-14(18(20)6-12)11-4-15-16(5-11)17(15)8-22/h2-4,6,13,15-17,22H,5,7-9H2,1H3/t13-,15-,16+,17+/m1/s1. The highest BCUT2D eigenvalue weighted by molar-refractivity contribution is 5.90. The minimum absolute atomic E-state index is 0.0141. The van der Waals surface area contributed by atoms with Gasteiger partial charge in [0.05, 0.1) is 12.2 Å². The van der Waals surface area contributed by atoms with E-state index in [-0.39, 0.29) is 25.6 Å². The molecule has 4 atom stereocenters. The maximum Gasteiger partial charge on any atom is 0.414 e. The molecule has 7 heteroatoms. The molecular weight excluding hydrogens is 341 g/mol. The number of fused-ring (bicyclic) bond motifs is 1. The van der Waals surface area contributed by atoms with Crippen LogP contribution in [0, 0.1) is 23.6 Å². The van der Waals surface area contributed by atoms with Gasteiger partial charge in [-0.3, -0.25) is 9.69 Å². The molecule has 1 aromatic carbocycles. The number of esters is 1. The summed E-state index contributed by atoms with van der Waals surface area (Å²) in [5, 5.41) is 9.22. The second-order valence-corrected chi connectivity index (χ2v) is 7.07. The lowest BCUT2D eigenvalue weighted by Crippen LogP contribution is -2.26. The maximum absolute atomic E-state index is 14.6. The average Bonchev–Trinajstić information content (AvgIpc) is 2.93. The number of hydrogen-bond acceptors (Lipinski definition) is 5. The molecule has 0 spiro atoms. The lowest BCUT2D eigenvalue weighted by Gasteiger charge is -2.15. The van der Waals surface area contributed by atoms with Crippen LogP contribution in [0.1, 0.15) is 18.9 Å². The molecule has 0 bridgehead atoms. The third-order valence-corrected chi connectivity index (χ3v) is 5.41. The first-order valence-electron chi connectivity index (χ1n) is 8.71. The molecular formula is C19H20FNO5. The second-order valence-electron chi connectivity index (χ2n) is 7.07. The Hall–Kier alpha value is -2.41. The lowest BCUT2D eigenvalue weighted by molar-refractivity contribution is -0.143. The van der Waals surface area contributed by atoms with Gasteiger partial charge in [-0.05, 0) is 47.9 Å². The van der Waals surface area contributed by atoms with Crippen LogP contribution in [0.5, 0.6) is 0 Å². The van der Waals surface area contributed by atoms with Crippen LogP contribution in [-0.4, -0.2) is 43.0 Å². The number of hydrogen-bond donors (Lipinski definition) is 1. The summed E-state index contributed by atoms with van der Waals surface area (Å²) in [6, 6.07) is 4.71. The smallest absolute Gasteiger partial charge is 0.414 e. The lowest BCUT2D eigenvalue weighted by atomic mass is 10.00. The SMILES string of the molecule is CC(=O)OC[C@H]1CN(c2ccc(C3=C[C@H]4[C@H](CO)[C@H]4C3)c(F)c2)C(=O)O1. The van der Waals surface area contributed by atoms with Gasteiger partial charge in [0.2, 0.25) is 0 Å². The molecule has 138 valence electrons. The van der Waals surface area contributed by atoms with E-state index >= 15 is 0 Å². The summed E-state index contributed by atoms with van der Waals surface area (Å²) in [6.07, 6.45) is 1.70. The molecule has 3 aliphatic rings. The molecule has 1 aromatic rings. The largest absolute Gasteiger partial charge is 0.462 e. The first-order valence-corrected chi connectivity index (χ1v) is 8.71. The van der Waals surface area contributed by atoms with Gasteiger partial charge >= 0.3 is 12.1 Å². The molecule has 1 amide bonds. The third-order valence-electron chi connectivity index (χ3n) is 5.41. The van der Waals surface area contributed by atoms with Crippen LogP contribution in [0.15, 0.2) is 24.3 Å². The highest BCUT2D eigenvalue weighted by Gasteiger charge is 2.51. The van der Waals surface area contributed by atoms with E-state index in [4.69, 9.17) is 9.47 Å². The third kappa shape index (κ3) is 2.96. The van der Waals surface area contributed by atoms with E-state index in [0.717, 1.165) is 12.0 Å². The van der Waals surface area contributed by atoms with Crippen molar-refractivity contribution in [2.45, 2.75) is 19.4 Å². The van der Waals surface area contributed by atoms with Crippen molar-refractivity contribution < 1.29 is 28.6 Å². The zero-order valence-electron chi connectivity index (χ0n) is 14.4. The van der Waals surface area contributed by atoms with E-state index in [2.05, 4.69) is 6.08 Å². The summed E-state index contributed by atoms with van der Waals surface area (Å²) < 4.78 is 24.6. The Kier molecular flexibility index (Phi) is 4.19. The van der Waals surface area contributed by atoms with Gasteiger partial charge < -0.3 is 14.6 Å². The number of aliphatic hydroxyl groups excluding tert-OH is 1. The number of rotatable bonds is 5. The van der Waals surface area contributed by atoms with Gasteiger partial charge in [-0.2, -0.15) is 0 Å². The highest BCUT2D eigenvalue weighted by Crippen LogP contribution is 2.57. The Bertz CT molecular complexity index is 792. The number of aliphatic hydroxyl groups is 1. The van der Waals surface area contributed by atoms with Gasteiger partial charge in [-0.25, -0.2) is 9.18 Å². The number of ether oxygens (including phenoxy) is 2.